The second kappa shape index (κ2) is 12.5. The molecule has 3 heteroatoms. The van der Waals surface area contributed by atoms with Crippen molar-refractivity contribution in [1.29, 1.82) is 0 Å². The van der Waals surface area contributed by atoms with Crippen molar-refractivity contribution in [2.45, 2.75) is 38.2 Å². The molecule has 0 aromatic rings. The molecule has 0 spiro atoms. The van der Waals surface area contributed by atoms with Crippen LogP contribution in [0.2, 0.25) is 0 Å². The average molecular weight is 164 g/mol. The fourth-order valence-corrected chi connectivity index (χ4v) is 1.08. The van der Waals surface area contributed by atoms with E-state index in [2.05, 4.69) is 0 Å². The van der Waals surface area contributed by atoms with E-state index in [0.717, 1.165) is 27.1 Å². The molecule has 0 unspecified atom stereocenters. The minimum Gasteiger partial charge on any atom is -0.400 e. The maximum atomic E-state index is 8.91. The third-order valence-electron chi connectivity index (χ3n) is 1.57. The lowest BCUT2D eigenvalue weighted by Crippen LogP contribution is -2.09. The van der Waals surface area contributed by atoms with Crippen molar-refractivity contribution in [3.05, 3.63) is 0 Å². The molecule has 1 aliphatic rings. The second-order valence-corrected chi connectivity index (χ2v) is 2.29. The highest BCUT2D eigenvalue weighted by molar-refractivity contribution is 4.61. The number of rotatable bonds is 0. The Hall–Kier alpha value is -0.120. The predicted molar refractivity (Wildman–Crippen MR) is 45.4 cm³/mol. The molecule has 0 aliphatic heterocycles. The normalized spacial score (nSPS) is 17.2. The lowest BCUT2D eigenvalue weighted by atomic mass is 9.98. The Kier molecular flexibility index (Phi) is 15.4. The molecule has 0 atom stereocenters. The fourth-order valence-electron chi connectivity index (χ4n) is 1.08. The molecule has 1 rings (SSSR count). The fraction of sp³-hybridized carbons (Fsp3) is 1.00. The van der Waals surface area contributed by atoms with E-state index in [9.17, 15) is 0 Å². The molecule has 3 nitrogen and oxygen atoms in total. The Balaban J connectivity index is 0. The van der Waals surface area contributed by atoms with Gasteiger partial charge in [-0.25, -0.2) is 0 Å². The summed E-state index contributed by atoms with van der Waals surface area (Å²) in [6.07, 6.45) is 5.92. The first kappa shape index (κ1) is 13.5. The monoisotopic (exact) mass is 164 g/mol. The van der Waals surface area contributed by atoms with E-state index in [1.165, 1.54) is 19.3 Å². The Morgan fingerprint density at radius 1 is 0.818 bits per heavy atom. The summed E-state index contributed by atoms with van der Waals surface area (Å²) >= 11 is 0. The highest BCUT2D eigenvalue weighted by Crippen LogP contribution is 2.16. The summed E-state index contributed by atoms with van der Waals surface area (Å²) < 4.78 is 0. The van der Waals surface area contributed by atoms with Gasteiger partial charge in [-0.1, -0.05) is 19.3 Å². The Morgan fingerprint density at radius 2 is 1.18 bits per heavy atom. The van der Waals surface area contributed by atoms with Crippen LogP contribution in [0.4, 0.5) is 0 Å². The van der Waals surface area contributed by atoms with E-state index >= 15 is 0 Å². The maximum Gasteiger partial charge on any atom is 0.0540 e. The first-order chi connectivity index (χ1) is 5.39. The minimum atomic E-state index is 0.0359. The summed E-state index contributed by atoms with van der Waals surface area (Å²) in [5.41, 5.74) is 0. The van der Waals surface area contributed by atoms with E-state index in [1.807, 2.05) is 0 Å². The first-order valence-corrected chi connectivity index (χ1v) is 3.97. The van der Waals surface area contributed by atoms with Gasteiger partial charge in [-0.05, 0) is 12.8 Å². The lowest BCUT2D eigenvalue weighted by Gasteiger charge is -2.14. The van der Waals surface area contributed by atoms with Crippen molar-refractivity contribution < 1.29 is 15.3 Å². The van der Waals surface area contributed by atoms with E-state index in [4.69, 9.17) is 15.3 Å². The van der Waals surface area contributed by atoms with E-state index < -0.39 is 0 Å². The molecule has 70 valence electrons. The van der Waals surface area contributed by atoms with Crippen LogP contribution in [0.25, 0.3) is 0 Å². The van der Waals surface area contributed by atoms with Crippen molar-refractivity contribution >= 4 is 0 Å². The molecule has 0 aromatic carbocycles. The van der Waals surface area contributed by atoms with Gasteiger partial charge in [0.05, 0.1) is 6.10 Å². The van der Waals surface area contributed by atoms with Crippen LogP contribution >= 0.6 is 0 Å². The van der Waals surface area contributed by atoms with Gasteiger partial charge >= 0.3 is 0 Å². The molecular weight excluding hydrogens is 144 g/mol. The summed E-state index contributed by atoms with van der Waals surface area (Å²) in [5.74, 6) is 0. The van der Waals surface area contributed by atoms with Crippen LogP contribution in [0, 0.1) is 0 Å². The topological polar surface area (TPSA) is 60.7 Å². The Labute approximate surface area is 68.7 Å². The lowest BCUT2D eigenvalue weighted by molar-refractivity contribution is 0.130. The van der Waals surface area contributed by atoms with E-state index in [-0.39, 0.29) is 6.10 Å². The average Bonchev–Trinajstić information content (AvgIpc) is 2.13. The third-order valence-corrected chi connectivity index (χ3v) is 1.57. The molecule has 0 aromatic heterocycles. The van der Waals surface area contributed by atoms with E-state index in [0.29, 0.717) is 0 Å². The smallest absolute Gasteiger partial charge is 0.0540 e. The highest BCUT2D eigenvalue weighted by Gasteiger charge is 2.07. The summed E-state index contributed by atoms with van der Waals surface area (Å²) in [7, 11) is 2.00. The first-order valence-electron chi connectivity index (χ1n) is 3.97. The molecule has 1 aliphatic carbocycles. The highest BCUT2D eigenvalue weighted by atomic mass is 16.3. The zero-order valence-corrected chi connectivity index (χ0v) is 7.45. The van der Waals surface area contributed by atoms with Gasteiger partial charge in [0.25, 0.3) is 0 Å². The molecule has 0 bridgehead atoms. The molecule has 1 saturated carbocycles. The van der Waals surface area contributed by atoms with Crippen LogP contribution in [0.5, 0.6) is 0 Å². The summed E-state index contributed by atoms with van der Waals surface area (Å²) in [6, 6.07) is 0. The Bertz CT molecular complexity index is 51.3. The van der Waals surface area contributed by atoms with Crippen molar-refractivity contribution in [3.63, 3.8) is 0 Å². The molecule has 0 radical (unpaired) electrons. The van der Waals surface area contributed by atoms with Gasteiger partial charge in [-0.2, -0.15) is 0 Å². The van der Waals surface area contributed by atoms with Crippen LogP contribution in [-0.4, -0.2) is 35.6 Å². The maximum absolute atomic E-state index is 8.91. The minimum absolute atomic E-state index is 0.0359. The third kappa shape index (κ3) is 9.88. The number of aliphatic hydroxyl groups excluding tert-OH is 3. The SMILES string of the molecule is CO.CO.OC1CCCCC1. The largest absolute Gasteiger partial charge is 0.400 e. The van der Waals surface area contributed by atoms with Crippen LogP contribution < -0.4 is 0 Å². The molecule has 0 saturated heterocycles. The van der Waals surface area contributed by atoms with Gasteiger partial charge in [-0.3, -0.25) is 0 Å². The number of hydrogen-bond acceptors (Lipinski definition) is 3. The van der Waals surface area contributed by atoms with Gasteiger partial charge in [0.1, 0.15) is 0 Å². The molecule has 1 fully saturated rings. The van der Waals surface area contributed by atoms with E-state index in [1.54, 1.807) is 0 Å². The molecule has 0 amide bonds. The zero-order valence-electron chi connectivity index (χ0n) is 7.45. The van der Waals surface area contributed by atoms with Gasteiger partial charge < -0.3 is 15.3 Å². The molecular formula is C8H20O3. The molecule has 0 heterocycles. The molecule has 3 N–H and O–H groups in total. The standard InChI is InChI=1S/C6H12O.2CH4O/c7-6-4-2-1-3-5-6;2*1-2/h6-7H,1-5H2;2*2H,1H3. The number of aliphatic hydroxyl groups is 3. The van der Waals surface area contributed by atoms with Crippen LogP contribution in [0.1, 0.15) is 32.1 Å². The zero-order chi connectivity index (χ0) is 9.11. The number of hydrogen-bond donors (Lipinski definition) is 3. The van der Waals surface area contributed by atoms with Crippen molar-refractivity contribution in [2.75, 3.05) is 14.2 Å². The van der Waals surface area contributed by atoms with Gasteiger partial charge in [0.2, 0.25) is 0 Å². The molecule has 11 heavy (non-hydrogen) atoms. The van der Waals surface area contributed by atoms with Gasteiger partial charge in [0, 0.05) is 14.2 Å². The van der Waals surface area contributed by atoms with Crippen LogP contribution in [0.3, 0.4) is 0 Å². The Morgan fingerprint density at radius 3 is 1.36 bits per heavy atom. The van der Waals surface area contributed by atoms with Crippen molar-refractivity contribution in [2.24, 2.45) is 0 Å². The van der Waals surface area contributed by atoms with Gasteiger partial charge in [0.15, 0.2) is 0 Å². The summed E-state index contributed by atoms with van der Waals surface area (Å²) in [4.78, 5) is 0. The van der Waals surface area contributed by atoms with Crippen molar-refractivity contribution in [1.82, 2.24) is 0 Å². The quantitative estimate of drug-likeness (QED) is 0.489. The van der Waals surface area contributed by atoms with Crippen LogP contribution in [-0.2, 0) is 0 Å². The summed E-state index contributed by atoms with van der Waals surface area (Å²) in [5, 5.41) is 22.9. The summed E-state index contributed by atoms with van der Waals surface area (Å²) in [6.45, 7) is 0. The second-order valence-electron chi connectivity index (χ2n) is 2.29. The van der Waals surface area contributed by atoms with Crippen LogP contribution in [0.15, 0.2) is 0 Å². The van der Waals surface area contributed by atoms with Gasteiger partial charge in [-0.15, -0.1) is 0 Å². The van der Waals surface area contributed by atoms with Crippen molar-refractivity contribution in [3.8, 4) is 0 Å². The predicted octanol–water partition coefficient (Wildman–Crippen LogP) is 0.528.